The van der Waals surface area contributed by atoms with Gasteiger partial charge in [-0.3, -0.25) is 9.80 Å². The van der Waals surface area contributed by atoms with E-state index in [4.69, 9.17) is 0 Å². The van der Waals surface area contributed by atoms with Gasteiger partial charge in [0.2, 0.25) is 0 Å². The number of aromatic amines is 1. The van der Waals surface area contributed by atoms with E-state index in [0.717, 1.165) is 38.4 Å². The summed E-state index contributed by atoms with van der Waals surface area (Å²) in [6.45, 7) is 9.77. The highest BCUT2D eigenvalue weighted by molar-refractivity contribution is 7.10. The van der Waals surface area contributed by atoms with E-state index in [1.54, 1.807) is 6.33 Å². The topological polar surface area (TPSA) is 38.4 Å². The Morgan fingerprint density at radius 1 is 1.20 bits per heavy atom. The van der Waals surface area contributed by atoms with Crippen LogP contribution in [0.4, 0.5) is 0 Å². The molecule has 0 atom stereocenters. The Balaban J connectivity index is 1.60. The third-order valence-corrected chi connectivity index (χ3v) is 5.83. The van der Waals surface area contributed by atoms with E-state index in [9.17, 15) is 0 Å². The Morgan fingerprint density at radius 3 is 2.68 bits per heavy atom. The molecule has 1 N–H and O–H groups in total. The van der Waals surface area contributed by atoms with Crippen molar-refractivity contribution < 1.29 is 0 Å². The third kappa shape index (κ3) is 5.64. The Bertz CT molecular complexity index is 642. The summed E-state index contributed by atoms with van der Waals surface area (Å²) in [4.78, 5) is 16.5. The van der Waals surface area contributed by atoms with Crippen LogP contribution in [0, 0.1) is 6.92 Å². The SMILES string of the molecule is Cc1[nH]cnc1CN(CCN(C)C)Cc1cc(CN2CCCC2)cs1. The van der Waals surface area contributed by atoms with Gasteiger partial charge in [0.25, 0.3) is 0 Å². The predicted octanol–water partition coefficient (Wildman–Crippen LogP) is 2.94. The van der Waals surface area contributed by atoms with Crippen LogP contribution in [0.15, 0.2) is 17.8 Å². The van der Waals surface area contributed by atoms with Crippen LogP contribution < -0.4 is 0 Å². The van der Waals surface area contributed by atoms with Gasteiger partial charge in [-0.25, -0.2) is 4.98 Å². The Kier molecular flexibility index (Phi) is 6.64. The second-order valence-corrected chi connectivity index (χ2v) is 8.39. The minimum absolute atomic E-state index is 0.905. The number of hydrogen-bond donors (Lipinski definition) is 1. The van der Waals surface area contributed by atoms with E-state index in [0.29, 0.717) is 0 Å². The summed E-state index contributed by atoms with van der Waals surface area (Å²) >= 11 is 1.90. The lowest BCUT2D eigenvalue weighted by molar-refractivity contribution is 0.225. The lowest BCUT2D eigenvalue weighted by Crippen LogP contribution is -2.31. The fraction of sp³-hybridized carbons (Fsp3) is 0.632. The van der Waals surface area contributed by atoms with Crippen LogP contribution in [-0.4, -0.2) is 64.9 Å². The minimum atomic E-state index is 0.905. The van der Waals surface area contributed by atoms with E-state index in [2.05, 4.69) is 57.1 Å². The van der Waals surface area contributed by atoms with Crippen LogP contribution in [0.5, 0.6) is 0 Å². The smallest absolute Gasteiger partial charge is 0.0925 e. The Morgan fingerprint density at radius 2 is 2.00 bits per heavy atom. The van der Waals surface area contributed by atoms with Crippen molar-refractivity contribution in [3.8, 4) is 0 Å². The molecule has 3 heterocycles. The number of likely N-dealkylation sites (N-methyl/N-ethyl adjacent to an activating group) is 1. The fourth-order valence-electron chi connectivity index (χ4n) is 3.33. The van der Waals surface area contributed by atoms with Crippen molar-refractivity contribution in [3.63, 3.8) is 0 Å². The van der Waals surface area contributed by atoms with Gasteiger partial charge >= 0.3 is 0 Å². The van der Waals surface area contributed by atoms with Gasteiger partial charge in [-0.2, -0.15) is 0 Å². The van der Waals surface area contributed by atoms with Gasteiger partial charge in [0, 0.05) is 43.3 Å². The summed E-state index contributed by atoms with van der Waals surface area (Å²) in [6.07, 6.45) is 4.52. The fourth-order valence-corrected chi connectivity index (χ4v) is 4.25. The summed E-state index contributed by atoms with van der Waals surface area (Å²) in [5.74, 6) is 0. The van der Waals surface area contributed by atoms with Crippen LogP contribution in [0.2, 0.25) is 0 Å². The molecule has 3 rings (SSSR count). The van der Waals surface area contributed by atoms with Crippen molar-refractivity contribution in [1.82, 2.24) is 24.7 Å². The highest BCUT2D eigenvalue weighted by atomic mass is 32.1. The van der Waals surface area contributed by atoms with Crippen LogP contribution in [0.25, 0.3) is 0 Å². The number of aromatic nitrogens is 2. The molecule has 0 unspecified atom stereocenters. The van der Waals surface area contributed by atoms with Crippen molar-refractivity contribution in [1.29, 1.82) is 0 Å². The minimum Gasteiger partial charge on any atom is -0.348 e. The first-order chi connectivity index (χ1) is 12.1. The van der Waals surface area contributed by atoms with Crippen LogP contribution in [0.3, 0.4) is 0 Å². The molecule has 1 aliphatic rings. The van der Waals surface area contributed by atoms with Gasteiger partial charge in [-0.05, 0) is 64.0 Å². The van der Waals surface area contributed by atoms with Crippen molar-refractivity contribution in [2.45, 2.75) is 39.4 Å². The second kappa shape index (κ2) is 8.94. The first-order valence-electron chi connectivity index (χ1n) is 9.25. The molecule has 2 aromatic rings. The van der Waals surface area contributed by atoms with Crippen LogP contribution >= 0.6 is 11.3 Å². The first-order valence-corrected chi connectivity index (χ1v) is 10.1. The van der Waals surface area contributed by atoms with Crippen LogP contribution in [0.1, 0.15) is 34.7 Å². The number of imidazole rings is 1. The maximum atomic E-state index is 4.48. The van der Waals surface area contributed by atoms with Gasteiger partial charge in [0.05, 0.1) is 12.0 Å². The molecule has 0 bridgehead atoms. The molecule has 0 radical (unpaired) electrons. The molecule has 5 nitrogen and oxygen atoms in total. The number of rotatable bonds is 9. The molecule has 1 fully saturated rings. The number of hydrogen-bond acceptors (Lipinski definition) is 5. The number of thiophene rings is 1. The number of H-pyrrole nitrogens is 1. The number of nitrogens with one attached hydrogen (secondary N) is 1. The lowest BCUT2D eigenvalue weighted by Gasteiger charge is -2.23. The molecule has 0 aliphatic carbocycles. The monoisotopic (exact) mass is 361 g/mol. The highest BCUT2D eigenvalue weighted by Gasteiger charge is 2.15. The Hall–Kier alpha value is -1.21. The van der Waals surface area contributed by atoms with Gasteiger partial charge in [-0.1, -0.05) is 0 Å². The molecule has 6 heteroatoms. The highest BCUT2D eigenvalue weighted by Crippen LogP contribution is 2.21. The molecule has 0 aromatic carbocycles. The van der Waals surface area contributed by atoms with E-state index in [-0.39, 0.29) is 0 Å². The standard InChI is InChI=1S/C19H31N5S/c1-16-19(21-15-20-16)13-24(9-8-22(2)3)12-18-10-17(14-25-18)11-23-6-4-5-7-23/h10,14-15H,4-9,11-13H2,1-3H3,(H,20,21). The average molecular weight is 362 g/mol. The van der Waals surface area contributed by atoms with Crippen molar-refractivity contribution >= 4 is 11.3 Å². The molecular weight excluding hydrogens is 330 g/mol. The summed E-state index contributed by atoms with van der Waals surface area (Å²) in [7, 11) is 4.27. The molecular formula is C19H31N5S. The maximum Gasteiger partial charge on any atom is 0.0925 e. The second-order valence-electron chi connectivity index (χ2n) is 7.39. The zero-order valence-corrected chi connectivity index (χ0v) is 16.6. The van der Waals surface area contributed by atoms with Crippen molar-refractivity contribution in [2.75, 3.05) is 40.3 Å². The average Bonchev–Trinajstić information content (AvgIpc) is 3.30. The Labute approximate surface area is 155 Å². The zero-order chi connectivity index (χ0) is 17.6. The molecule has 0 saturated carbocycles. The normalized spacial score (nSPS) is 15.7. The van der Waals surface area contributed by atoms with E-state index < -0.39 is 0 Å². The molecule has 138 valence electrons. The van der Waals surface area contributed by atoms with Gasteiger partial charge in [0.15, 0.2) is 0 Å². The summed E-state index contributed by atoms with van der Waals surface area (Å²) in [5.41, 5.74) is 3.81. The molecule has 1 aliphatic heterocycles. The van der Waals surface area contributed by atoms with Crippen molar-refractivity contribution in [3.05, 3.63) is 39.6 Å². The molecule has 2 aromatic heterocycles. The lowest BCUT2D eigenvalue weighted by atomic mass is 10.2. The van der Waals surface area contributed by atoms with E-state index in [1.165, 1.54) is 42.1 Å². The number of likely N-dealkylation sites (tertiary alicyclic amines) is 1. The number of aryl methyl sites for hydroxylation is 1. The predicted molar refractivity (Wildman–Crippen MR) is 105 cm³/mol. The van der Waals surface area contributed by atoms with Gasteiger partial charge < -0.3 is 9.88 Å². The summed E-state index contributed by atoms with van der Waals surface area (Å²) < 4.78 is 0. The largest absolute Gasteiger partial charge is 0.348 e. The summed E-state index contributed by atoms with van der Waals surface area (Å²) in [6, 6.07) is 2.41. The molecule has 0 amide bonds. The van der Waals surface area contributed by atoms with E-state index in [1.807, 2.05) is 11.3 Å². The zero-order valence-electron chi connectivity index (χ0n) is 15.8. The molecule has 1 saturated heterocycles. The van der Waals surface area contributed by atoms with E-state index >= 15 is 0 Å². The first kappa shape index (κ1) is 18.6. The quantitative estimate of drug-likeness (QED) is 0.745. The molecule has 0 spiro atoms. The summed E-state index contributed by atoms with van der Waals surface area (Å²) in [5, 5.41) is 2.34. The molecule has 25 heavy (non-hydrogen) atoms. The maximum absolute atomic E-state index is 4.48. The van der Waals surface area contributed by atoms with Gasteiger partial charge in [0.1, 0.15) is 0 Å². The van der Waals surface area contributed by atoms with Gasteiger partial charge in [-0.15, -0.1) is 11.3 Å². The number of nitrogens with zero attached hydrogens (tertiary/aromatic N) is 4. The van der Waals surface area contributed by atoms with Crippen LogP contribution in [-0.2, 0) is 19.6 Å². The van der Waals surface area contributed by atoms with Crippen molar-refractivity contribution in [2.24, 2.45) is 0 Å². The third-order valence-electron chi connectivity index (χ3n) is 4.86.